The summed E-state index contributed by atoms with van der Waals surface area (Å²) in [5.41, 5.74) is -0.699. The summed E-state index contributed by atoms with van der Waals surface area (Å²) in [5.74, 6) is -1.30. The Hall–Kier alpha value is -1.77. The van der Waals surface area contributed by atoms with E-state index in [0.717, 1.165) is 0 Å². The Morgan fingerprint density at radius 3 is 2.52 bits per heavy atom. The predicted octanol–water partition coefficient (Wildman–Crippen LogP) is 0.591. The number of imide groups is 1. The third kappa shape index (κ3) is 6.89. The van der Waals surface area contributed by atoms with E-state index >= 15 is 0 Å². The number of esters is 1. The van der Waals surface area contributed by atoms with Gasteiger partial charge in [-0.3, -0.25) is 14.9 Å². The molecular formula is C14H22N2O6S. The van der Waals surface area contributed by atoms with Gasteiger partial charge in [0.15, 0.2) is 6.10 Å². The number of nitrogens with one attached hydrogen (secondary N) is 2. The topological polar surface area (TPSA) is 111 Å². The standard InChI is InChI=1S/C14H22N2O6S/c1-14(2,3)22-13(20)15-8(5-6-23-4)12(19)21-9-7-10(17)16-11(9)18/h8-9H,5-7H2,1-4H3,(H,15,20)(H,16,17,18)/t8-,9?/m0/s1. The van der Waals surface area contributed by atoms with Crippen molar-refractivity contribution in [2.75, 3.05) is 12.0 Å². The zero-order valence-electron chi connectivity index (χ0n) is 13.6. The minimum Gasteiger partial charge on any atom is -0.450 e. The smallest absolute Gasteiger partial charge is 0.408 e. The van der Waals surface area contributed by atoms with Crippen molar-refractivity contribution in [3.8, 4) is 0 Å². The van der Waals surface area contributed by atoms with Crippen molar-refractivity contribution >= 4 is 35.6 Å². The number of carbonyl (C=O) groups is 4. The molecular weight excluding hydrogens is 324 g/mol. The van der Waals surface area contributed by atoms with Crippen molar-refractivity contribution in [3.63, 3.8) is 0 Å². The summed E-state index contributed by atoms with van der Waals surface area (Å²) < 4.78 is 10.1. The molecule has 130 valence electrons. The molecule has 1 fully saturated rings. The van der Waals surface area contributed by atoms with Crippen LogP contribution in [0.4, 0.5) is 4.79 Å². The molecule has 0 bridgehead atoms. The second-order valence-electron chi connectivity index (χ2n) is 6.02. The molecule has 0 aliphatic carbocycles. The first-order chi connectivity index (χ1) is 10.6. The van der Waals surface area contributed by atoms with Crippen molar-refractivity contribution in [3.05, 3.63) is 0 Å². The highest BCUT2D eigenvalue weighted by Gasteiger charge is 2.36. The number of amides is 3. The molecule has 2 atom stereocenters. The molecule has 1 rings (SSSR count). The number of alkyl carbamates (subject to hydrolysis) is 1. The van der Waals surface area contributed by atoms with Gasteiger partial charge in [0.1, 0.15) is 11.6 Å². The molecule has 1 aliphatic heterocycles. The van der Waals surface area contributed by atoms with Crippen LogP contribution in [0.1, 0.15) is 33.6 Å². The van der Waals surface area contributed by atoms with E-state index in [9.17, 15) is 19.2 Å². The molecule has 0 saturated carbocycles. The van der Waals surface area contributed by atoms with Crippen molar-refractivity contribution in [1.29, 1.82) is 0 Å². The Kier molecular flexibility index (Phi) is 6.86. The molecule has 0 aromatic heterocycles. The highest BCUT2D eigenvalue weighted by Crippen LogP contribution is 2.12. The third-order valence-electron chi connectivity index (χ3n) is 2.77. The lowest BCUT2D eigenvalue weighted by molar-refractivity contribution is -0.156. The van der Waals surface area contributed by atoms with Gasteiger partial charge >= 0.3 is 12.1 Å². The molecule has 1 aliphatic rings. The van der Waals surface area contributed by atoms with Crippen LogP contribution < -0.4 is 10.6 Å². The molecule has 0 aromatic rings. The fraction of sp³-hybridized carbons (Fsp3) is 0.714. The lowest BCUT2D eigenvalue weighted by Crippen LogP contribution is -2.46. The molecule has 9 heteroatoms. The van der Waals surface area contributed by atoms with Crippen LogP contribution >= 0.6 is 11.8 Å². The van der Waals surface area contributed by atoms with Crippen LogP contribution in [0.3, 0.4) is 0 Å². The van der Waals surface area contributed by atoms with Gasteiger partial charge in [0.2, 0.25) is 5.91 Å². The average Bonchev–Trinajstić information content (AvgIpc) is 2.70. The number of carbonyl (C=O) groups excluding carboxylic acids is 4. The van der Waals surface area contributed by atoms with Crippen LogP contribution in [-0.4, -0.2) is 53.6 Å². The zero-order chi connectivity index (χ0) is 17.6. The van der Waals surface area contributed by atoms with E-state index in [4.69, 9.17) is 9.47 Å². The van der Waals surface area contributed by atoms with Crippen molar-refractivity contribution < 1.29 is 28.7 Å². The van der Waals surface area contributed by atoms with Gasteiger partial charge in [-0.2, -0.15) is 11.8 Å². The molecule has 3 amide bonds. The van der Waals surface area contributed by atoms with Gasteiger partial charge in [0.05, 0.1) is 6.42 Å². The van der Waals surface area contributed by atoms with E-state index in [2.05, 4.69) is 10.6 Å². The van der Waals surface area contributed by atoms with Crippen LogP contribution in [0.25, 0.3) is 0 Å². The minimum absolute atomic E-state index is 0.202. The quantitative estimate of drug-likeness (QED) is 0.535. The maximum absolute atomic E-state index is 12.2. The fourth-order valence-corrected chi connectivity index (χ4v) is 2.25. The first-order valence-corrected chi connectivity index (χ1v) is 8.54. The van der Waals surface area contributed by atoms with E-state index in [-0.39, 0.29) is 6.42 Å². The van der Waals surface area contributed by atoms with Crippen molar-refractivity contribution in [2.24, 2.45) is 0 Å². The maximum Gasteiger partial charge on any atom is 0.408 e. The predicted molar refractivity (Wildman–Crippen MR) is 83.8 cm³/mol. The van der Waals surface area contributed by atoms with Gasteiger partial charge in [-0.05, 0) is 39.2 Å². The molecule has 1 heterocycles. The first-order valence-electron chi connectivity index (χ1n) is 7.15. The summed E-state index contributed by atoms with van der Waals surface area (Å²) in [7, 11) is 0. The Morgan fingerprint density at radius 2 is 2.04 bits per heavy atom. The number of hydrogen-bond acceptors (Lipinski definition) is 7. The summed E-state index contributed by atoms with van der Waals surface area (Å²) in [6.45, 7) is 5.11. The van der Waals surface area contributed by atoms with Crippen LogP contribution in [0.5, 0.6) is 0 Å². The van der Waals surface area contributed by atoms with Crippen LogP contribution in [-0.2, 0) is 23.9 Å². The number of ether oxygens (including phenoxy) is 2. The maximum atomic E-state index is 12.2. The Balaban J connectivity index is 2.65. The third-order valence-corrected chi connectivity index (χ3v) is 3.41. The van der Waals surface area contributed by atoms with Gasteiger partial charge in [0, 0.05) is 0 Å². The summed E-state index contributed by atoms with van der Waals surface area (Å²) >= 11 is 1.50. The highest BCUT2D eigenvalue weighted by atomic mass is 32.2. The minimum atomic E-state index is -1.15. The zero-order valence-corrected chi connectivity index (χ0v) is 14.5. The molecule has 1 saturated heterocycles. The number of hydrogen-bond donors (Lipinski definition) is 2. The van der Waals surface area contributed by atoms with Crippen molar-refractivity contribution in [1.82, 2.24) is 10.6 Å². The Morgan fingerprint density at radius 1 is 1.39 bits per heavy atom. The molecule has 0 radical (unpaired) electrons. The first kappa shape index (κ1) is 19.3. The fourth-order valence-electron chi connectivity index (χ4n) is 1.78. The van der Waals surface area contributed by atoms with E-state index in [1.165, 1.54) is 11.8 Å². The molecule has 0 aromatic carbocycles. The van der Waals surface area contributed by atoms with E-state index in [1.807, 2.05) is 6.26 Å². The monoisotopic (exact) mass is 346 g/mol. The van der Waals surface area contributed by atoms with E-state index < -0.39 is 41.6 Å². The summed E-state index contributed by atoms with van der Waals surface area (Å²) in [5, 5.41) is 4.50. The SMILES string of the molecule is CSCC[C@H](NC(=O)OC(C)(C)C)C(=O)OC1CC(=O)NC1=O. The van der Waals surface area contributed by atoms with Crippen molar-refractivity contribution in [2.45, 2.75) is 51.4 Å². The molecule has 2 N–H and O–H groups in total. The van der Waals surface area contributed by atoms with Gasteiger partial charge in [-0.1, -0.05) is 0 Å². The lowest BCUT2D eigenvalue weighted by atomic mass is 10.2. The summed E-state index contributed by atoms with van der Waals surface area (Å²) in [4.78, 5) is 46.5. The van der Waals surface area contributed by atoms with Crippen LogP contribution in [0.15, 0.2) is 0 Å². The molecule has 0 spiro atoms. The van der Waals surface area contributed by atoms with E-state index in [1.54, 1.807) is 20.8 Å². The van der Waals surface area contributed by atoms with Crippen LogP contribution in [0, 0.1) is 0 Å². The van der Waals surface area contributed by atoms with Gasteiger partial charge in [-0.15, -0.1) is 0 Å². The Labute approximate surface area is 139 Å². The second-order valence-corrected chi connectivity index (χ2v) is 7.01. The molecule has 8 nitrogen and oxygen atoms in total. The average molecular weight is 346 g/mol. The van der Waals surface area contributed by atoms with Gasteiger partial charge < -0.3 is 14.8 Å². The normalized spacial score (nSPS) is 19.0. The lowest BCUT2D eigenvalue weighted by Gasteiger charge is -2.23. The number of rotatable bonds is 6. The number of thioether (sulfide) groups is 1. The summed E-state index contributed by atoms with van der Waals surface area (Å²) in [6.07, 6.45) is 0.0898. The Bertz CT molecular complexity index is 488. The van der Waals surface area contributed by atoms with Crippen LogP contribution in [0.2, 0.25) is 0 Å². The van der Waals surface area contributed by atoms with E-state index in [0.29, 0.717) is 12.2 Å². The second kappa shape index (κ2) is 8.19. The van der Waals surface area contributed by atoms with Gasteiger partial charge in [0.25, 0.3) is 5.91 Å². The largest absolute Gasteiger partial charge is 0.450 e. The molecule has 1 unspecified atom stereocenters. The highest BCUT2D eigenvalue weighted by molar-refractivity contribution is 7.98. The van der Waals surface area contributed by atoms with Gasteiger partial charge in [-0.25, -0.2) is 9.59 Å². The molecule has 23 heavy (non-hydrogen) atoms. The summed E-state index contributed by atoms with van der Waals surface area (Å²) in [6, 6.07) is -0.944.